The Morgan fingerprint density at radius 1 is 0.744 bits per heavy atom. The van der Waals surface area contributed by atoms with Crippen molar-refractivity contribution >= 4 is 29.3 Å². The number of anilines is 3. The normalized spacial score (nSPS) is 13.1. The molecule has 2 N–H and O–H groups in total. The lowest BCUT2D eigenvalue weighted by molar-refractivity contribution is 0.0786. The van der Waals surface area contributed by atoms with Crippen LogP contribution in [0, 0.1) is 0 Å². The number of amides is 3. The van der Waals surface area contributed by atoms with E-state index in [0.717, 1.165) is 17.7 Å². The van der Waals surface area contributed by atoms with Gasteiger partial charge in [-0.3, -0.25) is 4.79 Å². The van der Waals surface area contributed by atoms with E-state index >= 15 is 0 Å². The topological polar surface area (TPSA) is 116 Å². The number of hydrogen-bond acceptors (Lipinski definition) is 8. The third-order valence-corrected chi connectivity index (χ3v) is 6.97. The molecule has 0 unspecified atom stereocenters. The van der Waals surface area contributed by atoms with E-state index in [0.29, 0.717) is 67.4 Å². The Morgan fingerprint density at radius 3 is 1.88 bits per heavy atom. The highest BCUT2D eigenvalue weighted by atomic mass is 16.5. The van der Waals surface area contributed by atoms with Gasteiger partial charge >= 0.3 is 6.03 Å². The summed E-state index contributed by atoms with van der Waals surface area (Å²) >= 11 is 0. The molecule has 1 aliphatic rings. The number of hydrogen-bond donors (Lipinski definition) is 2. The molecule has 0 spiro atoms. The summed E-state index contributed by atoms with van der Waals surface area (Å²) in [5, 5.41) is 5.66. The van der Waals surface area contributed by atoms with Gasteiger partial charge in [-0.2, -0.15) is 9.97 Å². The van der Waals surface area contributed by atoms with Gasteiger partial charge < -0.3 is 30.1 Å². The molecule has 11 heteroatoms. The average Bonchev–Trinajstić information content (AvgIpc) is 3.04. The highest BCUT2D eigenvalue weighted by molar-refractivity contribution is 6.00. The third kappa shape index (κ3) is 7.91. The second-order valence-corrected chi connectivity index (χ2v) is 10.5. The molecule has 0 bridgehead atoms. The van der Waals surface area contributed by atoms with Gasteiger partial charge in [0.2, 0.25) is 5.95 Å². The van der Waals surface area contributed by atoms with E-state index in [1.54, 1.807) is 48.3 Å². The van der Waals surface area contributed by atoms with E-state index in [1.165, 1.54) is 0 Å². The Hall–Kier alpha value is -4.87. The van der Waals surface area contributed by atoms with Crippen molar-refractivity contribution in [3.8, 4) is 22.8 Å². The van der Waals surface area contributed by atoms with Crippen LogP contribution in [0.5, 0.6) is 0 Å². The molecule has 1 fully saturated rings. The van der Waals surface area contributed by atoms with Crippen molar-refractivity contribution < 1.29 is 14.3 Å². The largest absolute Gasteiger partial charge is 0.378 e. The molecule has 0 atom stereocenters. The summed E-state index contributed by atoms with van der Waals surface area (Å²) in [6.45, 7) is 4.08. The van der Waals surface area contributed by atoms with E-state index in [4.69, 9.17) is 19.7 Å². The predicted molar refractivity (Wildman–Crippen MR) is 168 cm³/mol. The molecule has 1 aliphatic heterocycles. The molecule has 4 aromatic rings. The van der Waals surface area contributed by atoms with Gasteiger partial charge in [-0.1, -0.05) is 30.3 Å². The number of carbonyl (C=O) groups is 2. The first-order valence-corrected chi connectivity index (χ1v) is 14.2. The molecule has 0 saturated carbocycles. The van der Waals surface area contributed by atoms with E-state index in [-0.39, 0.29) is 5.91 Å². The summed E-state index contributed by atoms with van der Waals surface area (Å²) in [7, 11) is 5.72. The molecule has 222 valence electrons. The van der Waals surface area contributed by atoms with Crippen molar-refractivity contribution in [2.45, 2.75) is 0 Å². The van der Waals surface area contributed by atoms with Crippen LogP contribution in [0.4, 0.5) is 22.1 Å². The number of nitrogens with zero attached hydrogens (tertiary/aromatic N) is 6. The first-order valence-electron chi connectivity index (χ1n) is 14.2. The molecule has 43 heavy (non-hydrogen) atoms. The lowest BCUT2D eigenvalue weighted by atomic mass is 10.1. The van der Waals surface area contributed by atoms with Crippen LogP contribution >= 0.6 is 0 Å². The zero-order chi connectivity index (χ0) is 30.2. The minimum atomic E-state index is -0.393. The Kier molecular flexibility index (Phi) is 9.55. The minimum Gasteiger partial charge on any atom is -0.378 e. The molecule has 3 aromatic carbocycles. The zero-order valence-corrected chi connectivity index (χ0v) is 24.7. The third-order valence-electron chi connectivity index (χ3n) is 6.97. The fraction of sp³-hybridized carbons (Fsp3) is 0.281. The fourth-order valence-corrected chi connectivity index (χ4v) is 4.48. The number of ether oxygens (including phenoxy) is 1. The van der Waals surface area contributed by atoms with Crippen LogP contribution in [-0.2, 0) is 4.74 Å². The maximum atomic E-state index is 12.7. The van der Waals surface area contributed by atoms with Gasteiger partial charge in [-0.15, -0.1) is 0 Å². The highest BCUT2D eigenvalue weighted by Crippen LogP contribution is 2.25. The molecule has 0 radical (unpaired) electrons. The van der Waals surface area contributed by atoms with Gasteiger partial charge in [-0.25, -0.2) is 9.78 Å². The number of rotatable bonds is 9. The smallest absolute Gasteiger partial charge is 0.323 e. The quantitative estimate of drug-likeness (QED) is 0.301. The maximum absolute atomic E-state index is 12.7. The molecule has 3 amide bonds. The number of nitrogens with one attached hydrogen (secondary N) is 2. The SMILES string of the molecule is CN(C)CCN(C)C(=O)c1ccc(NC(=O)Nc2ccc(-c3nc(-c4ccccc4)nc(N4CCOCC4)n3)cc2)cc1. The van der Waals surface area contributed by atoms with Gasteiger partial charge in [0.25, 0.3) is 5.91 Å². The van der Waals surface area contributed by atoms with Gasteiger partial charge in [0, 0.05) is 61.3 Å². The van der Waals surface area contributed by atoms with E-state index in [2.05, 4.69) is 15.5 Å². The Morgan fingerprint density at radius 2 is 1.30 bits per heavy atom. The summed E-state index contributed by atoms with van der Waals surface area (Å²) in [5.74, 6) is 1.70. The van der Waals surface area contributed by atoms with Crippen LogP contribution < -0.4 is 15.5 Å². The highest BCUT2D eigenvalue weighted by Gasteiger charge is 2.18. The molecule has 11 nitrogen and oxygen atoms in total. The molecule has 5 rings (SSSR count). The molecule has 0 aliphatic carbocycles. The summed E-state index contributed by atoms with van der Waals surface area (Å²) in [6, 6.07) is 23.6. The average molecular weight is 581 g/mol. The number of benzene rings is 3. The van der Waals surface area contributed by atoms with Crippen LogP contribution in [-0.4, -0.2) is 97.2 Å². The van der Waals surface area contributed by atoms with Crippen molar-refractivity contribution in [3.05, 3.63) is 84.4 Å². The van der Waals surface area contributed by atoms with E-state index in [1.807, 2.05) is 61.5 Å². The number of morpholine rings is 1. The number of carbonyl (C=O) groups excluding carboxylic acids is 2. The zero-order valence-electron chi connectivity index (χ0n) is 24.7. The van der Waals surface area contributed by atoms with Gasteiger partial charge in [0.15, 0.2) is 11.6 Å². The van der Waals surface area contributed by atoms with Crippen molar-refractivity contribution in [1.29, 1.82) is 0 Å². The number of aromatic nitrogens is 3. The minimum absolute atomic E-state index is 0.0657. The molecular weight excluding hydrogens is 544 g/mol. The van der Waals surface area contributed by atoms with Crippen LogP contribution in [0.1, 0.15) is 10.4 Å². The number of likely N-dealkylation sites (N-methyl/N-ethyl adjacent to an activating group) is 2. The summed E-state index contributed by atoms with van der Waals surface area (Å²) in [4.78, 5) is 45.4. The van der Waals surface area contributed by atoms with Crippen molar-refractivity contribution in [2.24, 2.45) is 0 Å². The second kappa shape index (κ2) is 13.9. The van der Waals surface area contributed by atoms with Crippen LogP contribution in [0.25, 0.3) is 22.8 Å². The molecule has 2 heterocycles. The number of urea groups is 1. The Bertz CT molecular complexity index is 1520. The Balaban J connectivity index is 1.24. The second-order valence-electron chi connectivity index (χ2n) is 10.5. The maximum Gasteiger partial charge on any atom is 0.323 e. The van der Waals surface area contributed by atoms with Gasteiger partial charge in [0.1, 0.15) is 0 Å². The fourth-order valence-electron chi connectivity index (χ4n) is 4.48. The van der Waals surface area contributed by atoms with Crippen LogP contribution in [0.3, 0.4) is 0 Å². The molecular formula is C32H36N8O3. The van der Waals surface area contributed by atoms with Gasteiger partial charge in [-0.05, 0) is 62.6 Å². The Labute approximate surface area is 251 Å². The van der Waals surface area contributed by atoms with Crippen LogP contribution in [0.15, 0.2) is 78.9 Å². The molecule has 1 saturated heterocycles. The summed E-state index contributed by atoms with van der Waals surface area (Å²) < 4.78 is 5.50. The molecule has 1 aromatic heterocycles. The van der Waals surface area contributed by atoms with Crippen LogP contribution in [0.2, 0.25) is 0 Å². The van der Waals surface area contributed by atoms with Crippen molar-refractivity contribution in [1.82, 2.24) is 24.8 Å². The van der Waals surface area contributed by atoms with Crippen molar-refractivity contribution in [2.75, 3.05) is 76.1 Å². The lowest BCUT2D eigenvalue weighted by Gasteiger charge is -2.27. The van der Waals surface area contributed by atoms with Crippen molar-refractivity contribution in [3.63, 3.8) is 0 Å². The lowest BCUT2D eigenvalue weighted by Crippen LogP contribution is -2.37. The van der Waals surface area contributed by atoms with Gasteiger partial charge in [0.05, 0.1) is 13.2 Å². The summed E-state index contributed by atoms with van der Waals surface area (Å²) in [6.07, 6.45) is 0. The van der Waals surface area contributed by atoms with E-state index < -0.39 is 6.03 Å². The predicted octanol–water partition coefficient (Wildman–Crippen LogP) is 4.32. The van der Waals surface area contributed by atoms with E-state index in [9.17, 15) is 9.59 Å². The summed E-state index contributed by atoms with van der Waals surface area (Å²) in [5.41, 5.74) is 3.46. The monoisotopic (exact) mass is 580 g/mol. The first-order chi connectivity index (χ1) is 20.9. The standard InChI is InChI=1S/C32H36N8O3/c1-38(2)17-18-39(3)30(41)25-11-15-27(16-12-25)34-32(42)33-26-13-9-24(10-14-26)29-35-28(23-7-5-4-6-8-23)36-31(37-29)40-19-21-43-22-20-40/h4-16H,17-22H2,1-3H3,(H2,33,34,42). The first kappa shape index (κ1) is 29.6.